The van der Waals surface area contributed by atoms with Gasteiger partial charge in [0.2, 0.25) is 21.8 Å². The highest BCUT2D eigenvalue weighted by Gasteiger charge is 2.31. The summed E-state index contributed by atoms with van der Waals surface area (Å²) in [7, 11) is -3.81. The molecule has 0 aromatic heterocycles. The molecule has 0 unspecified atom stereocenters. The molecular weight excluding hydrogens is 474 g/mol. The predicted octanol–water partition coefficient (Wildman–Crippen LogP) is 4.05. The van der Waals surface area contributed by atoms with Crippen molar-refractivity contribution in [1.82, 2.24) is 10.2 Å². The number of nitrogens with zero attached hydrogens (tertiary/aromatic N) is 2. The number of halogens is 1. The molecule has 0 saturated heterocycles. The second kappa shape index (κ2) is 11.7. The van der Waals surface area contributed by atoms with E-state index in [0.29, 0.717) is 16.3 Å². The lowest BCUT2D eigenvalue weighted by atomic mass is 10.1. The first-order chi connectivity index (χ1) is 15.8. The second-order valence-corrected chi connectivity index (χ2v) is 11.0. The molecule has 9 heteroatoms. The largest absolute Gasteiger partial charge is 0.352 e. The third-order valence-electron chi connectivity index (χ3n) is 5.76. The Balaban J connectivity index is 2.42. The summed E-state index contributed by atoms with van der Waals surface area (Å²) in [6.07, 6.45) is 1.80. The molecule has 0 saturated carbocycles. The first-order valence-corrected chi connectivity index (χ1v) is 13.4. The molecule has 0 heterocycles. The highest BCUT2D eigenvalue weighted by molar-refractivity contribution is 7.92. The number of hydrogen-bond acceptors (Lipinski definition) is 4. The van der Waals surface area contributed by atoms with Crippen LogP contribution in [0.1, 0.15) is 43.9 Å². The quantitative estimate of drug-likeness (QED) is 0.525. The van der Waals surface area contributed by atoms with E-state index in [4.69, 9.17) is 11.6 Å². The number of carbonyl (C=O) groups is 2. The molecule has 34 heavy (non-hydrogen) atoms. The molecule has 2 atom stereocenters. The van der Waals surface area contributed by atoms with Crippen LogP contribution in [0.3, 0.4) is 0 Å². The minimum atomic E-state index is -3.81. The molecule has 0 fully saturated rings. The van der Waals surface area contributed by atoms with Gasteiger partial charge in [0.1, 0.15) is 12.6 Å². The number of carbonyl (C=O) groups excluding carboxylic acids is 2. The Kier molecular flexibility index (Phi) is 9.53. The third kappa shape index (κ3) is 7.46. The molecule has 2 amide bonds. The average Bonchev–Trinajstić information content (AvgIpc) is 2.77. The highest BCUT2D eigenvalue weighted by atomic mass is 35.5. The van der Waals surface area contributed by atoms with Crippen LogP contribution in [0, 0.1) is 13.8 Å². The van der Waals surface area contributed by atoms with Crippen molar-refractivity contribution in [2.75, 3.05) is 17.1 Å². The van der Waals surface area contributed by atoms with Gasteiger partial charge in [-0.25, -0.2) is 8.42 Å². The van der Waals surface area contributed by atoms with Crippen molar-refractivity contribution in [2.24, 2.45) is 0 Å². The summed E-state index contributed by atoms with van der Waals surface area (Å²) in [5, 5.41) is 3.27. The number of nitrogens with one attached hydrogen (secondary N) is 1. The number of anilines is 1. The minimum Gasteiger partial charge on any atom is -0.352 e. The lowest BCUT2D eigenvalue weighted by Gasteiger charge is -2.32. The molecule has 186 valence electrons. The topological polar surface area (TPSA) is 86.8 Å². The average molecular weight is 508 g/mol. The number of sulfonamides is 1. The smallest absolute Gasteiger partial charge is 0.244 e. The van der Waals surface area contributed by atoms with Gasteiger partial charge in [-0.3, -0.25) is 13.9 Å². The van der Waals surface area contributed by atoms with E-state index in [1.165, 1.54) is 11.0 Å². The van der Waals surface area contributed by atoms with Crippen LogP contribution < -0.4 is 9.62 Å². The lowest BCUT2D eigenvalue weighted by molar-refractivity contribution is -0.139. The molecule has 2 aromatic rings. The lowest BCUT2D eigenvalue weighted by Crippen LogP contribution is -2.52. The molecular formula is C25H34ClN3O4S. The van der Waals surface area contributed by atoms with Crippen LogP contribution in [0.15, 0.2) is 42.5 Å². The standard InChI is InChI=1S/C25H34ClN3O4S/c1-7-19(4)27-25(31)20(5)28(15-21-11-8-17(2)9-12-21)24(30)16-29(34(6,32)33)23-14-22(26)13-10-18(23)3/h8-14,19-20H,7,15-16H2,1-6H3,(H,27,31)/t19-,20-/m1/s1. The highest BCUT2D eigenvalue weighted by Crippen LogP contribution is 2.26. The molecule has 2 aromatic carbocycles. The van der Waals surface area contributed by atoms with Crippen LogP contribution in [0.25, 0.3) is 0 Å². The van der Waals surface area contributed by atoms with Gasteiger partial charge >= 0.3 is 0 Å². The van der Waals surface area contributed by atoms with Crippen LogP contribution in [0.2, 0.25) is 5.02 Å². The van der Waals surface area contributed by atoms with Gasteiger partial charge in [-0.05, 0) is 57.4 Å². The van der Waals surface area contributed by atoms with Crippen molar-refractivity contribution in [3.8, 4) is 0 Å². The van der Waals surface area contributed by atoms with Gasteiger partial charge in [-0.1, -0.05) is 54.4 Å². The third-order valence-corrected chi connectivity index (χ3v) is 7.12. The summed E-state index contributed by atoms with van der Waals surface area (Å²) in [5.41, 5.74) is 2.90. The monoisotopic (exact) mass is 507 g/mol. The number of benzene rings is 2. The van der Waals surface area contributed by atoms with Crippen molar-refractivity contribution in [3.63, 3.8) is 0 Å². The van der Waals surface area contributed by atoms with Crippen LogP contribution in [0.4, 0.5) is 5.69 Å². The first kappa shape index (κ1) is 27.7. The Labute approximate surface area is 208 Å². The molecule has 1 N–H and O–H groups in total. The van der Waals surface area contributed by atoms with Crippen molar-refractivity contribution >= 4 is 39.1 Å². The fourth-order valence-electron chi connectivity index (χ4n) is 3.38. The van der Waals surface area contributed by atoms with Gasteiger partial charge in [-0.2, -0.15) is 0 Å². The molecule has 0 radical (unpaired) electrons. The van der Waals surface area contributed by atoms with Crippen molar-refractivity contribution in [2.45, 2.75) is 59.7 Å². The molecule has 0 aliphatic heterocycles. The van der Waals surface area contributed by atoms with E-state index in [2.05, 4.69) is 5.32 Å². The Hall–Kier alpha value is -2.58. The van der Waals surface area contributed by atoms with E-state index in [9.17, 15) is 18.0 Å². The normalized spacial score (nSPS) is 13.1. The van der Waals surface area contributed by atoms with E-state index in [1.54, 1.807) is 26.0 Å². The van der Waals surface area contributed by atoms with E-state index in [0.717, 1.165) is 28.1 Å². The van der Waals surface area contributed by atoms with E-state index in [1.807, 2.05) is 45.0 Å². The summed E-state index contributed by atoms with van der Waals surface area (Å²) in [5.74, 6) is -0.781. The summed E-state index contributed by atoms with van der Waals surface area (Å²) >= 11 is 6.11. The number of hydrogen-bond donors (Lipinski definition) is 1. The van der Waals surface area contributed by atoms with Gasteiger partial charge < -0.3 is 10.2 Å². The Morgan fingerprint density at radius 3 is 2.24 bits per heavy atom. The molecule has 0 bridgehead atoms. The minimum absolute atomic E-state index is 0.0482. The zero-order valence-electron chi connectivity index (χ0n) is 20.6. The summed E-state index contributed by atoms with van der Waals surface area (Å²) in [6, 6.07) is 11.7. The van der Waals surface area contributed by atoms with Gasteiger partial charge in [0.15, 0.2) is 0 Å². The van der Waals surface area contributed by atoms with E-state index in [-0.39, 0.29) is 18.5 Å². The van der Waals surface area contributed by atoms with Crippen LogP contribution in [0.5, 0.6) is 0 Å². The van der Waals surface area contributed by atoms with Crippen molar-refractivity contribution in [3.05, 3.63) is 64.2 Å². The predicted molar refractivity (Wildman–Crippen MR) is 137 cm³/mol. The summed E-state index contributed by atoms with van der Waals surface area (Å²) in [4.78, 5) is 27.9. The van der Waals surface area contributed by atoms with Crippen molar-refractivity contribution < 1.29 is 18.0 Å². The number of amides is 2. The summed E-state index contributed by atoms with van der Waals surface area (Å²) in [6.45, 7) is 8.94. The van der Waals surface area contributed by atoms with Gasteiger partial charge in [0, 0.05) is 17.6 Å². The number of rotatable bonds is 10. The van der Waals surface area contributed by atoms with E-state index < -0.39 is 28.5 Å². The van der Waals surface area contributed by atoms with E-state index >= 15 is 0 Å². The Morgan fingerprint density at radius 1 is 1.06 bits per heavy atom. The van der Waals surface area contributed by atoms with Crippen LogP contribution in [-0.2, 0) is 26.2 Å². The SMILES string of the molecule is CC[C@@H](C)NC(=O)[C@@H](C)N(Cc1ccc(C)cc1)C(=O)CN(c1cc(Cl)ccc1C)S(C)(=O)=O. The van der Waals surface area contributed by atoms with Crippen LogP contribution >= 0.6 is 11.6 Å². The molecule has 0 aliphatic rings. The fraction of sp³-hybridized carbons (Fsp3) is 0.440. The summed E-state index contributed by atoms with van der Waals surface area (Å²) < 4.78 is 26.4. The van der Waals surface area contributed by atoms with Crippen molar-refractivity contribution in [1.29, 1.82) is 0 Å². The Morgan fingerprint density at radius 2 is 1.68 bits per heavy atom. The van der Waals surface area contributed by atoms with Gasteiger partial charge in [0.05, 0.1) is 11.9 Å². The zero-order valence-corrected chi connectivity index (χ0v) is 22.2. The molecule has 2 rings (SSSR count). The molecule has 0 spiro atoms. The van der Waals surface area contributed by atoms with Gasteiger partial charge in [0.25, 0.3) is 0 Å². The maximum absolute atomic E-state index is 13.5. The Bertz CT molecular complexity index is 1120. The first-order valence-electron chi connectivity index (χ1n) is 11.2. The maximum atomic E-state index is 13.5. The molecule has 7 nitrogen and oxygen atoms in total. The maximum Gasteiger partial charge on any atom is 0.244 e. The molecule has 0 aliphatic carbocycles. The number of aryl methyl sites for hydroxylation is 2. The fourth-order valence-corrected chi connectivity index (χ4v) is 4.45. The zero-order chi connectivity index (χ0) is 25.6. The van der Waals surface area contributed by atoms with Gasteiger partial charge in [-0.15, -0.1) is 0 Å². The second-order valence-electron chi connectivity index (χ2n) is 8.70. The van der Waals surface area contributed by atoms with Crippen LogP contribution in [-0.4, -0.2) is 50.0 Å².